The van der Waals surface area contributed by atoms with Crippen LogP contribution in [0.2, 0.25) is 0 Å². The lowest BCUT2D eigenvalue weighted by atomic mass is 10.1. The predicted octanol–water partition coefficient (Wildman–Crippen LogP) is 4.41. The van der Waals surface area contributed by atoms with Gasteiger partial charge in [-0.3, -0.25) is 0 Å². The summed E-state index contributed by atoms with van der Waals surface area (Å²) in [6, 6.07) is 0. The fraction of sp³-hybridized carbons (Fsp3) is 0.667. The molecule has 0 saturated heterocycles. The van der Waals surface area contributed by atoms with E-state index < -0.39 is 0 Å². The zero-order valence-corrected chi connectivity index (χ0v) is 11.0. The third-order valence-corrected chi connectivity index (χ3v) is 2.71. The van der Waals surface area contributed by atoms with Gasteiger partial charge >= 0.3 is 5.97 Å². The van der Waals surface area contributed by atoms with Gasteiger partial charge in [-0.1, -0.05) is 51.2 Å². The highest BCUT2D eigenvalue weighted by molar-refractivity contribution is 5.81. The molecule has 0 saturated carbocycles. The maximum atomic E-state index is 10.7. The van der Waals surface area contributed by atoms with Crippen LogP contribution in [0.1, 0.15) is 57.8 Å². The summed E-state index contributed by atoms with van der Waals surface area (Å²) < 4.78 is 4.90. The van der Waals surface area contributed by atoms with Crippen LogP contribution in [-0.4, -0.2) is 12.6 Å². The van der Waals surface area contributed by atoms with Crippen molar-refractivity contribution in [2.24, 2.45) is 0 Å². The normalized spacial score (nSPS) is 9.88. The molecular formula is C15H26O2. The zero-order valence-electron chi connectivity index (χ0n) is 11.0. The molecule has 0 unspecified atom stereocenters. The highest BCUT2D eigenvalue weighted by Gasteiger charge is 1.95. The molecule has 17 heavy (non-hydrogen) atoms. The molecule has 0 aliphatic rings. The van der Waals surface area contributed by atoms with E-state index in [9.17, 15) is 4.79 Å². The van der Waals surface area contributed by atoms with Crippen LogP contribution in [0.5, 0.6) is 0 Å². The van der Waals surface area contributed by atoms with Gasteiger partial charge in [0, 0.05) is 6.08 Å². The monoisotopic (exact) mass is 238 g/mol. The molecular weight excluding hydrogens is 212 g/mol. The van der Waals surface area contributed by atoms with Gasteiger partial charge in [-0.15, -0.1) is 6.58 Å². The first-order chi connectivity index (χ1) is 8.31. The van der Waals surface area contributed by atoms with Crippen molar-refractivity contribution in [2.75, 3.05) is 6.61 Å². The summed E-state index contributed by atoms with van der Waals surface area (Å²) in [5.41, 5.74) is 0. The molecule has 0 rings (SSSR count). The van der Waals surface area contributed by atoms with E-state index >= 15 is 0 Å². The van der Waals surface area contributed by atoms with E-state index in [2.05, 4.69) is 13.2 Å². The van der Waals surface area contributed by atoms with Gasteiger partial charge in [0.2, 0.25) is 0 Å². The summed E-state index contributed by atoms with van der Waals surface area (Å²) in [7, 11) is 0. The van der Waals surface area contributed by atoms with E-state index in [4.69, 9.17) is 4.74 Å². The minimum atomic E-state index is -0.313. The average Bonchev–Trinajstić information content (AvgIpc) is 2.35. The van der Waals surface area contributed by atoms with Crippen LogP contribution in [-0.2, 0) is 9.53 Å². The lowest BCUT2D eigenvalue weighted by Crippen LogP contribution is -2.01. The maximum Gasteiger partial charge on any atom is 0.330 e. The number of unbranched alkanes of at least 4 members (excludes halogenated alkanes) is 8. The second-order valence-electron chi connectivity index (χ2n) is 4.28. The maximum absolute atomic E-state index is 10.7. The van der Waals surface area contributed by atoms with Crippen molar-refractivity contribution in [3.05, 3.63) is 25.3 Å². The summed E-state index contributed by atoms with van der Waals surface area (Å²) in [5, 5.41) is 0. The summed E-state index contributed by atoms with van der Waals surface area (Å²) in [4.78, 5) is 10.7. The summed E-state index contributed by atoms with van der Waals surface area (Å²) >= 11 is 0. The number of ether oxygens (including phenoxy) is 1. The lowest BCUT2D eigenvalue weighted by molar-refractivity contribution is -0.137. The molecule has 0 N–H and O–H groups in total. The average molecular weight is 238 g/mol. The van der Waals surface area contributed by atoms with Crippen LogP contribution < -0.4 is 0 Å². The Morgan fingerprint density at radius 2 is 1.41 bits per heavy atom. The van der Waals surface area contributed by atoms with Crippen molar-refractivity contribution < 1.29 is 9.53 Å². The Bertz CT molecular complexity index is 209. The Labute approximate surface area is 106 Å². The van der Waals surface area contributed by atoms with E-state index in [1.54, 1.807) is 0 Å². The second-order valence-corrected chi connectivity index (χ2v) is 4.28. The summed E-state index contributed by atoms with van der Waals surface area (Å²) in [6.07, 6.45) is 14.3. The minimum absolute atomic E-state index is 0.313. The Morgan fingerprint density at radius 3 is 1.94 bits per heavy atom. The van der Waals surface area contributed by atoms with E-state index in [1.165, 1.54) is 44.6 Å². The second kappa shape index (κ2) is 13.0. The van der Waals surface area contributed by atoms with Gasteiger partial charge in [0.15, 0.2) is 0 Å². The van der Waals surface area contributed by atoms with Crippen molar-refractivity contribution in [3.63, 3.8) is 0 Å². The van der Waals surface area contributed by atoms with Gasteiger partial charge in [0.05, 0.1) is 6.61 Å². The van der Waals surface area contributed by atoms with Crippen molar-refractivity contribution in [1.82, 2.24) is 0 Å². The third-order valence-electron chi connectivity index (χ3n) is 2.71. The van der Waals surface area contributed by atoms with E-state index in [0.717, 1.165) is 19.3 Å². The topological polar surface area (TPSA) is 26.3 Å². The number of allylic oxidation sites excluding steroid dienone is 1. The fourth-order valence-corrected chi connectivity index (χ4v) is 1.68. The number of hydrogen-bond acceptors (Lipinski definition) is 2. The van der Waals surface area contributed by atoms with Gasteiger partial charge in [0.25, 0.3) is 0 Å². The van der Waals surface area contributed by atoms with Gasteiger partial charge in [-0.25, -0.2) is 4.79 Å². The molecule has 0 aromatic carbocycles. The van der Waals surface area contributed by atoms with Crippen LogP contribution >= 0.6 is 0 Å². The predicted molar refractivity (Wildman–Crippen MR) is 72.9 cm³/mol. The lowest BCUT2D eigenvalue weighted by Gasteiger charge is -2.02. The highest BCUT2D eigenvalue weighted by Crippen LogP contribution is 2.09. The summed E-state index contributed by atoms with van der Waals surface area (Å²) in [5.74, 6) is -0.313. The molecule has 0 aliphatic carbocycles. The van der Waals surface area contributed by atoms with Crippen molar-refractivity contribution in [1.29, 1.82) is 0 Å². The SMILES string of the molecule is C=CCCCCCCCCCCOC(=O)C=C. The standard InChI is InChI=1S/C15H26O2/c1-3-5-6-7-8-9-10-11-12-13-14-17-15(16)4-2/h3-4H,1-2,5-14H2. The number of esters is 1. The third kappa shape index (κ3) is 12.9. The van der Waals surface area contributed by atoms with Crippen LogP contribution in [0, 0.1) is 0 Å². The number of carbonyl (C=O) groups is 1. The molecule has 0 spiro atoms. The molecule has 0 heterocycles. The first-order valence-electron chi connectivity index (χ1n) is 6.71. The van der Waals surface area contributed by atoms with Crippen LogP contribution in [0.15, 0.2) is 25.3 Å². The van der Waals surface area contributed by atoms with Crippen molar-refractivity contribution in [2.45, 2.75) is 57.8 Å². The minimum Gasteiger partial charge on any atom is -0.463 e. The zero-order chi connectivity index (χ0) is 12.8. The summed E-state index contributed by atoms with van der Waals surface area (Å²) in [6.45, 7) is 7.59. The Morgan fingerprint density at radius 1 is 0.882 bits per heavy atom. The fourth-order valence-electron chi connectivity index (χ4n) is 1.68. The largest absolute Gasteiger partial charge is 0.463 e. The van der Waals surface area contributed by atoms with Crippen molar-refractivity contribution >= 4 is 5.97 Å². The molecule has 2 nitrogen and oxygen atoms in total. The van der Waals surface area contributed by atoms with Crippen LogP contribution in [0.4, 0.5) is 0 Å². The van der Waals surface area contributed by atoms with Gasteiger partial charge in [0.1, 0.15) is 0 Å². The van der Waals surface area contributed by atoms with Gasteiger partial charge in [-0.2, -0.15) is 0 Å². The van der Waals surface area contributed by atoms with Crippen molar-refractivity contribution in [3.8, 4) is 0 Å². The number of rotatable bonds is 12. The highest BCUT2D eigenvalue weighted by atomic mass is 16.5. The Balaban J connectivity index is 3.01. The molecule has 0 amide bonds. The molecule has 0 fully saturated rings. The molecule has 0 radical (unpaired) electrons. The molecule has 0 atom stereocenters. The van der Waals surface area contributed by atoms with E-state index in [1.807, 2.05) is 6.08 Å². The molecule has 98 valence electrons. The first kappa shape index (κ1) is 16.0. The Hall–Kier alpha value is -1.05. The quantitative estimate of drug-likeness (QED) is 0.218. The van der Waals surface area contributed by atoms with Crippen LogP contribution in [0.3, 0.4) is 0 Å². The Kier molecular flexibility index (Phi) is 12.2. The number of carbonyl (C=O) groups excluding carboxylic acids is 1. The molecule has 0 aromatic rings. The van der Waals surface area contributed by atoms with Crippen LogP contribution in [0.25, 0.3) is 0 Å². The first-order valence-corrected chi connectivity index (χ1v) is 6.71. The van der Waals surface area contributed by atoms with Gasteiger partial charge < -0.3 is 4.74 Å². The smallest absolute Gasteiger partial charge is 0.330 e. The van der Waals surface area contributed by atoms with E-state index in [0.29, 0.717) is 6.61 Å². The number of hydrogen-bond donors (Lipinski definition) is 0. The molecule has 0 bridgehead atoms. The van der Waals surface area contributed by atoms with E-state index in [-0.39, 0.29) is 5.97 Å². The van der Waals surface area contributed by atoms with Gasteiger partial charge in [-0.05, 0) is 19.3 Å². The molecule has 0 aromatic heterocycles. The molecule has 0 aliphatic heterocycles. The molecule has 2 heteroatoms.